The van der Waals surface area contributed by atoms with Gasteiger partial charge >= 0.3 is 0 Å². The molecule has 2 fully saturated rings. The Morgan fingerprint density at radius 3 is 2.56 bits per heavy atom. The van der Waals surface area contributed by atoms with Crippen LogP contribution in [0.5, 0.6) is 0 Å². The lowest BCUT2D eigenvalue weighted by molar-refractivity contribution is 0.102. The molecule has 2 aromatic carbocycles. The number of nitrogens with one attached hydrogen (secondary N) is 2. The number of hydrogen-bond donors (Lipinski definition) is 2. The van der Waals surface area contributed by atoms with Crippen LogP contribution in [-0.2, 0) is 0 Å². The summed E-state index contributed by atoms with van der Waals surface area (Å²) in [4.78, 5) is 27.7. The van der Waals surface area contributed by atoms with Crippen LogP contribution in [0.4, 0.5) is 20.2 Å². The van der Waals surface area contributed by atoms with E-state index in [-0.39, 0.29) is 5.69 Å². The third-order valence-corrected chi connectivity index (χ3v) is 6.74. The Morgan fingerprint density at radius 1 is 1.03 bits per heavy atom. The fourth-order valence-electron chi connectivity index (χ4n) is 4.73. The largest absolute Gasteiger partial charge is 0.369 e. The van der Waals surface area contributed by atoms with E-state index in [0.29, 0.717) is 15.8 Å². The SMILES string of the molecule is O=C(Nc1ccc2[nH]ncc2c1N1CCC2(CC2)C1)c1ccc(=O)n(-c2c(F)cccc2F)n1. The van der Waals surface area contributed by atoms with E-state index in [1.807, 2.05) is 6.07 Å². The second kappa shape index (κ2) is 7.47. The summed E-state index contributed by atoms with van der Waals surface area (Å²) >= 11 is 0. The van der Waals surface area contributed by atoms with E-state index < -0.39 is 28.8 Å². The number of H-pyrrole nitrogens is 1. The number of aromatic amines is 1. The third-order valence-electron chi connectivity index (χ3n) is 6.74. The molecule has 1 saturated heterocycles. The molecule has 3 heterocycles. The first-order valence-electron chi connectivity index (χ1n) is 11.0. The monoisotopic (exact) mass is 462 g/mol. The molecule has 1 amide bonds. The van der Waals surface area contributed by atoms with Crippen molar-refractivity contribution in [1.82, 2.24) is 20.0 Å². The van der Waals surface area contributed by atoms with Gasteiger partial charge < -0.3 is 10.2 Å². The van der Waals surface area contributed by atoms with Crippen LogP contribution in [0, 0.1) is 17.0 Å². The number of carbonyl (C=O) groups is 1. The lowest BCUT2D eigenvalue weighted by Gasteiger charge is -2.23. The quantitative estimate of drug-likeness (QED) is 0.483. The fraction of sp³-hybridized carbons (Fsp3) is 0.250. The zero-order valence-corrected chi connectivity index (χ0v) is 18.0. The van der Waals surface area contributed by atoms with Crippen LogP contribution in [0.3, 0.4) is 0 Å². The number of fused-ring (bicyclic) bond motifs is 1. The molecule has 4 aromatic rings. The molecule has 2 aliphatic rings. The van der Waals surface area contributed by atoms with Gasteiger partial charge in [0, 0.05) is 24.5 Å². The van der Waals surface area contributed by atoms with Crippen molar-refractivity contribution in [3.05, 3.63) is 76.3 Å². The van der Waals surface area contributed by atoms with E-state index in [1.165, 1.54) is 25.0 Å². The summed E-state index contributed by atoms with van der Waals surface area (Å²) in [5.74, 6) is -2.51. The maximum atomic E-state index is 14.3. The normalized spacial score (nSPS) is 16.4. The maximum absolute atomic E-state index is 14.3. The van der Waals surface area contributed by atoms with Crippen LogP contribution in [0.2, 0.25) is 0 Å². The molecular weight excluding hydrogens is 442 g/mol. The molecule has 8 nitrogen and oxygen atoms in total. The number of benzene rings is 2. The number of aromatic nitrogens is 4. The van der Waals surface area contributed by atoms with Gasteiger partial charge in [-0.1, -0.05) is 6.07 Å². The number of nitrogens with zero attached hydrogens (tertiary/aromatic N) is 4. The van der Waals surface area contributed by atoms with Crippen molar-refractivity contribution in [3.8, 4) is 5.69 Å². The number of halogens is 2. The predicted molar refractivity (Wildman–Crippen MR) is 122 cm³/mol. The van der Waals surface area contributed by atoms with Crippen LogP contribution < -0.4 is 15.8 Å². The van der Waals surface area contributed by atoms with Crippen LogP contribution >= 0.6 is 0 Å². The van der Waals surface area contributed by atoms with E-state index in [1.54, 1.807) is 12.3 Å². The Morgan fingerprint density at radius 2 is 1.82 bits per heavy atom. The molecule has 2 aromatic heterocycles. The summed E-state index contributed by atoms with van der Waals surface area (Å²) < 4.78 is 29.1. The highest BCUT2D eigenvalue weighted by atomic mass is 19.1. The lowest BCUT2D eigenvalue weighted by atomic mass is 10.1. The van der Waals surface area contributed by atoms with Crippen LogP contribution in [-0.4, -0.2) is 39.0 Å². The Hall–Kier alpha value is -4.08. The van der Waals surface area contributed by atoms with E-state index in [9.17, 15) is 18.4 Å². The average Bonchev–Trinajstić information content (AvgIpc) is 3.21. The van der Waals surface area contributed by atoms with Gasteiger partial charge in [-0.2, -0.15) is 14.9 Å². The number of rotatable bonds is 4. The van der Waals surface area contributed by atoms with E-state index in [0.717, 1.165) is 54.3 Å². The number of anilines is 2. The summed E-state index contributed by atoms with van der Waals surface area (Å²) in [6.07, 6.45) is 5.27. The lowest BCUT2D eigenvalue weighted by Crippen LogP contribution is -2.27. The van der Waals surface area contributed by atoms with Crippen LogP contribution in [0.15, 0.2) is 53.5 Å². The van der Waals surface area contributed by atoms with Crippen molar-refractivity contribution in [2.24, 2.45) is 5.41 Å². The minimum Gasteiger partial charge on any atom is -0.369 e. The smallest absolute Gasteiger partial charge is 0.276 e. The van der Waals surface area contributed by atoms with E-state index in [4.69, 9.17) is 0 Å². The van der Waals surface area contributed by atoms with Crippen molar-refractivity contribution >= 4 is 28.2 Å². The first kappa shape index (κ1) is 20.5. The summed E-state index contributed by atoms with van der Waals surface area (Å²) in [6.45, 7) is 1.79. The molecule has 0 unspecified atom stereocenters. The first-order valence-corrected chi connectivity index (χ1v) is 11.0. The van der Waals surface area contributed by atoms with Crippen molar-refractivity contribution in [2.75, 3.05) is 23.3 Å². The van der Waals surface area contributed by atoms with Crippen LogP contribution in [0.1, 0.15) is 29.8 Å². The Kier molecular flexibility index (Phi) is 4.51. The van der Waals surface area contributed by atoms with Crippen molar-refractivity contribution < 1.29 is 13.6 Å². The number of hydrogen-bond acceptors (Lipinski definition) is 5. The average molecular weight is 462 g/mol. The molecule has 1 saturated carbocycles. The number of amides is 1. The molecule has 172 valence electrons. The highest BCUT2D eigenvalue weighted by molar-refractivity contribution is 6.08. The van der Waals surface area contributed by atoms with Gasteiger partial charge in [0.2, 0.25) is 0 Å². The summed E-state index contributed by atoms with van der Waals surface area (Å²) in [5.41, 5.74) is 1.13. The van der Waals surface area contributed by atoms with Crippen molar-refractivity contribution in [2.45, 2.75) is 19.3 Å². The second-order valence-electron chi connectivity index (χ2n) is 8.96. The van der Waals surface area contributed by atoms with Gasteiger partial charge in [-0.3, -0.25) is 14.7 Å². The molecule has 0 bridgehead atoms. The van der Waals surface area contributed by atoms with E-state index in [2.05, 4.69) is 25.5 Å². The zero-order chi connectivity index (χ0) is 23.4. The Labute approximate surface area is 192 Å². The molecule has 1 spiro atoms. The molecule has 34 heavy (non-hydrogen) atoms. The standard InChI is InChI=1S/C24H20F2N6O2/c25-15-2-1-3-16(26)22(15)32-20(33)7-6-19(30-32)23(34)28-18-5-4-17-14(12-27-29-17)21(18)31-11-10-24(13-31)8-9-24/h1-7,12H,8-11,13H2,(H,27,29)(H,28,34). The molecule has 1 aliphatic carbocycles. The van der Waals surface area contributed by atoms with Crippen molar-refractivity contribution in [3.63, 3.8) is 0 Å². The number of para-hydroxylation sites is 1. The molecule has 10 heteroatoms. The Balaban J connectivity index is 1.37. The fourth-order valence-corrected chi connectivity index (χ4v) is 4.73. The van der Waals surface area contributed by atoms with Crippen molar-refractivity contribution in [1.29, 1.82) is 0 Å². The van der Waals surface area contributed by atoms with Gasteiger partial charge in [-0.15, -0.1) is 0 Å². The minimum atomic E-state index is -0.956. The van der Waals surface area contributed by atoms with Gasteiger partial charge in [-0.25, -0.2) is 8.78 Å². The topological polar surface area (TPSA) is 95.9 Å². The molecule has 6 rings (SSSR count). The first-order chi connectivity index (χ1) is 16.4. The summed E-state index contributed by atoms with van der Waals surface area (Å²) in [7, 11) is 0. The minimum absolute atomic E-state index is 0.152. The van der Waals surface area contributed by atoms with Gasteiger partial charge in [-0.05, 0) is 55.0 Å². The number of carbonyl (C=O) groups excluding carboxylic acids is 1. The maximum Gasteiger partial charge on any atom is 0.276 e. The molecular formula is C24H20F2N6O2. The highest BCUT2D eigenvalue weighted by Crippen LogP contribution is 2.54. The van der Waals surface area contributed by atoms with Gasteiger partial charge in [0.15, 0.2) is 11.6 Å². The van der Waals surface area contributed by atoms with E-state index >= 15 is 0 Å². The van der Waals surface area contributed by atoms with Gasteiger partial charge in [0.1, 0.15) is 11.4 Å². The van der Waals surface area contributed by atoms with Gasteiger partial charge in [0.05, 0.1) is 23.1 Å². The molecule has 1 aliphatic heterocycles. The zero-order valence-electron chi connectivity index (χ0n) is 18.0. The summed E-state index contributed by atoms with van der Waals surface area (Å²) in [5, 5.41) is 14.8. The Bertz CT molecular complexity index is 1490. The highest BCUT2D eigenvalue weighted by Gasteiger charge is 2.48. The molecule has 0 radical (unpaired) electrons. The predicted octanol–water partition coefficient (Wildman–Crippen LogP) is 3.63. The second-order valence-corrected chi connectivity index (χ2v) is 8.96. The van der Waals surface area contributed by atoms with Gasteiger partial charge in [0.25, 0.3) is 11.5 Å². The summed E-state index contributed by atoms with van der Waals surface area (Å²) in [6, 6.07) is 9.14. The van der Waals surface area contributed by atoms with Crippen LogP contribution in [0.25, 0.3) is 16.6 Å². The molecule has 0 atom stereocenters. The third kappa shape index (κ3) is 3.33. The molecule has 2 N–H and O–H groups in total.